The Morgan fingerprint density at radius 1 is 0.846 bits per heavy atom. The Labute approximate surface area is 80.6 Å². The third kappa shape index (κ3) is 11.9. The van der Waals surface area contributed by atoms with Crippen LogP contribution in [0.4, 0.5) is 4.39 Å². The van der Waals surface area contributed by atoms with Crippen molar-refractivity contribution in [1.29, 1.82) is 0 Å². The SMILES string of the molecule is NCCCCCOCCCCCF. The van der Waals surface area contributed by atoms with E-state index in [0.717, 1.165) is 51.9 Å². The smallest absolute Gasteiger partial charge is 0.0894 e. The number of alkyl halides is 1. The van der Waals surface area contributed by atoms with E-state index in [1.165, 1.54) is 0 Å². The van der Waals surface area contributed by atoms with Gasteiger partial charge in [-0.05, 0) is 45.1 Å². The van der Waals surface area contributed by atoms with Gasteiger partial charge in [-0.25, -0.2) is 0 Å². The van der Waals surface area contributed by atoms with Gasteiger partial charge in [-0.15, -0.1) is 0 Å². The second-order valence-electron chi connectivity index (χ2n) is 3.21. The van der Waals surface area contributed by atoms with Crippen molar-refractivity contribution in [3.8, 4) is 0 Å². The minimum absolute atomic E-state index is 0.198. The highest BCUT2D eigenvalue weighted by atomic mass is 19.1. The standard InChI is InChI=1S/C10H22FNO/c11-7-3-1-5-9-13-10-6-2-4-8-12/h1-10,12H2. The van der Waals surface area contributed by atoms with Crippen LogP contribution >= 0.6 is 0 Å². The molecule has 0 aliphatic carbocycles. The van der Waals surface area contributed by atoms with Gasteiger partial charge >= 0.3 is 0 Å². The number of nitrogens with two attached hydrogens (primary N) is 1. The molecule has 0 bridgehead atoms. The van der Waals surface area contributed by atoms with E-state index in [2.05, 4.69) is 0 Å². The van der Waals surface area contributed by atoms with E-state index in [9.17, 15) is 4.39 Å². The Morgan fingerprint density at radius 2 is 1.46 bits per heavy atom. The summed E-state index contributed by atoms with van der Waals surface area (Å²) >= 11 is 0. The molecule has 0 unspecified atom stereocenters. The molecule has 0 amide bonds. The predicted molar refractivity (Wildman–Crippen MR) is 53.6 cm³/mol. The van der Waals surface area contributed by atoms with Crippen LogP contribution in [0.3, 0.4) is 0 Å². The zero-order chi connectivity index (χ0) is 9.78. The van der Waals surface area contributed by atoms with Gasteiger partial charge in [0.05, 0.1) is 6.67 Å². The van der Waals surface area contributed by atoms with E-state index >= 15 is 0 Å². The zero-order valence-electron chi connectivity index (χ0n) is 8.43. The number of halogens is 1. The summed E-state index contributed by atoms with van der Waals surface area (Å²) in [6.07, 6.45) is 5.95. The van der Waals surface area contributed by atoms with E-state index in [4.69, 9.17) is 10.5 Å². The summed E-state index contributed by atoms with van der Waals surface area (Å²) < 4.78 is 17.0. The summed E-state index contributed by atoms with van der Waals surface area (Å²) in [5, 5.41) is 0. The lowest BCUT2D eigenvalue weighted by Crippen LogP contribution is -2.01. The quantitative estimate of drug-likeness (QED) is 0.538. The molecule has 13 heavy (non-hydrogen) atoms. The molecule has 80 valence electrons. The molecule has 0 aliphatic rings. The summed E-state index contributed by atoms with van der Waals surface area (Å²) in [5.74, 6) is 0. The summed E-state index contributed by atoms with van der Waals surface area (Å²) in [6, 6.07) is 0. The van der Waals surface area contributed by atoms with E-state index < -0.39 is 0 Å². The highest BCUT2D eigenvalue weighted by Gasteiger charge is 1.90. The minimum Gasteiger partial charge on any atom is -0.381 e. The fraction of sp³-hybridized carbons (Fsp3) is 1.00. The maximum absolute atomic E-state index is 11.7. The van der Waals surface area contributed by atoms with Crippen molar-refractivity contribution in [2.75, 3.05) is 26.4 Å². The monoisotopic (exact) mass is 191 g/mol. The van der Waals surface area contributed by atoms with Crippen LogP contribution in [-0.4, -0.2) is 26.4 Å². The van der Waals surface area contributed by atoms with Gasteiger partial charge in [0.15, 0.2) is 0 Å². The molecule has 0 saturated carbocycles. The second-order valence-corrected chi connectivity index (χ2v) is 3.21. The van der Waals surface area contributed by atoms with Crippen LogP contribution in [0.2, 0.25) is 0 Å². The van der Waals surface area contributed by atoms with Crippen molar-refractivity contribution in [3.05, 3.63) is 0 Å². The van der Waals surface area contributed by atoms with Crippen LogP contribution in [0.5, 0.6) is 0 Å². The van der Waals surface area contributed by atoms with Crippen LogP contribution in [0.15, 0.2) is 0 Å². The van der Waals surface area contributed by atoms with Crippen molar-refractivity contribution >= 4 is 0 Å². The minimum atomic E-state index is -0.198. The zero-order valence-corrected chi connectivity index (χ0v) is 8.43. The van der Waals surface area contributed by atoms with Gasteiger partial charge in [-0.3, -0.25) is 4.39 Å². The number of hydrogen-bond donors (Lipinski definition) is 1. The van der Waals surface area contributed by atoms with E-state index in [0.29, 0.717) is 6.42 Å². The summed E-state index contributed by atoms with van der Waals surface area (Å²) in [4.78, 5) is 0. The van der Waals surface area contributed by atoms with Crippen molar-refractivity contribution in [2.45, 2.75) is 38.5 Å². The van der Waals surface area contributed by atoms with Gasteiger partial charge in [0.2, 0.25) is 0 Å². The second kappa shape index (κ2) is 11.8. The molecule has 0 aromatic rings. The molecule has 0 radical (unpaired) electrons. The third-order valence-corrected chi connectivity index (χ3v) is 1.92. The number of unbranched alkanes of at least 4 members (excludes halogenated alkanes) is 4. The van der Waals surface area contributed by atoms with Crippen LogP contribution in [-0.2, 0) is 4.74 Å². The van der Waals surface area contributed by atoms with Crippen LogP contribution in [0, 0.1) is 0 Å². The van der Waals surface area contributed by atoms with Gasteiger partial charge < -0.3 is 10.5 Å². The molecule has 0 aromatic heterocycles. The summed E-state index contributed by atoms with van der Waals surface area (Å²) in [5.41, 5.74) is 5.35. The Bertz CT molecular complexity index is 81.0. The highest BCUT2D eigenvalue weighted by molar-refractivity contribution is 4.43. The first kappa shape index (κ1) is 12.8. The molecule has 0 rings (SSSR count). The lowest BCUT2D eigenvalue weighted by atomic mass is 10.2. The third-order valence-electron chi connectivity index (χ3n) is 1.92. The maximum Gasteiger partial charge on any atom is 0.0894 e. The molecule has 0 aliphatic heterocycles. The normalized spacial score (nSPS) is 10.6. The van der Waals surface area contributed by atoms with Crippen LogP contribution < -0.4 is 5.73 Å². The van der Waals surface area contributed by atoms with Gasteiger partial charge in [-0.1, -0.05) is 0 Å². The Balaban J connectivity index is 2.76. The van der Waals surface area contributed by atoms with Gasteiger partial charge in [0.1, 0.15) is 0 Å². The average molecular weight is 191 g/mol. The highest BCUT2D eigenvalue weighted by Crippen LogP contribution is 1.98. The van der Waals surface area contributed by atoms with Crippen molar-refractivity contribution in [2.24, 2.45) is 5.73 Å². The lowest BCUT2D eigenvalue weighted by Gasteiger charge is -2.02. The van der Waals surface area contributed by atoms with Gasteiger partial charge in [0, 0.05) is 13.2 Å². The molecule has 2 N–H and O–H groups in total. The van der Waals surface area contributed by atoms with Gasteiger partial charge in [-0.2, -0.15) is 0 Å². The molecule has 0 aromatic carbocycles. The number of ether oxygens (including phenoxy) is 1. The van der Waals surface area contributed by atoms with Crippen molar-refractivity contribution < 1.29 is 9.13 Å². The summed E-state index contributed by atoms with van der Waals surface area (Å²) in [7, 11) is 0. The Morgan fingerprint density at radius 3 is 2.00 bits per heavy atom. The predicted octanol–water partition coefficient (Wildman–Crippen LogP) is 2.27. The molecule has 0 atom stereocenters. The first-order valence-electron chi connectivity index (χ1n) is 5.25. The van der Waals surface area contributed by atoms with Crippen LogP contribution in [0.1, 0.15) is 38.5 Å². The molecule has 3 heteroatoms. The van der Waals surface area contributed by atoms with Crippen LogP contribution in [0.25, 0.3) is 0 Å². The number of rotatable bonds is 10. The topological polar surface area (TPSA) is 35.2 Å². The molecule has 0 fully saturated rings. The fourth-order valence-electron chi connectivity index (χ4n) is 1.10. The molecular weight excluding hydrogens is 169 g/mol. The Kier molecular flexibility index (Phi) is 11.7. The molecule has 2 nitrogen and oxygen atoms in total. The average Bonchev–Trinajstić information content (AvgIpc) is 2.16. The van der Waals surface area contributed by atoms with Crippen molar-refractivity contribution in [1.82, 2.24) is 0 Å². The van der Waals surface area contributed by atoms with Gasteiger partial charge in [0.25, 0.3) is 0 Å². The molecule has 0 spiro atoms. The van der Waals surface area contributed by atoms with Crippen molar-refractivity contribution in [3.63, 3.8) is 0 Å². The lowest BCUT2D eigenvalue weighted by molar-refractivity contribution is 0.125. The van der Waals surface area contributed by atoms with E-state index in [-0.39, 0.29) is 6.67 Å². The molecule has 0 heterocycles. The Hall–Kier alpha value is -0.150. The first-order chi connectivity index (χ1) is 6.41. The number of hydrogen-bond acceptors (Lipinski definition) is 2. The molecule has 0 saturated heterocycles. The van der Waals surface area contributed by atoms with E-state index in [1.54, 1.807) is 0 Å². The summed E-state index contributed by atoms with van der Waals surface area (Å²) in [6.45, 7) is 2.19. The van der Waals surface area contributed by atoms with E-state index in [1.807, 2.05) is 0 Å². The largest absolute Gasteiger partial charge is 0.381 e. The fourth-order valence-corrected chi connectivity index (χ4v) is 1.10. The maximum atomic E-state index is 11.7. The first-order valence-corrected chi connectivity index (χ1v) is 5.25. The molecular formula is C10H22FNO.